The maximum Gasteiger partial charge on any atom is 0.230 e. The van der Waals surface area contributed by atoms with E-state index < -0.39 is 0 Å². The van der Waals surface area contributed by atoms with E-state index in [1.54, 1.807) is 0 Å². The molecule has 0 unspecified atom stereocenters. The summed E-state index contributed by atoms with van der Waals surface area (Å²) in [5.74, 6) is 0.520. The molecule has 2 aliphatic rings. The largest absolute Gasteiger partial charge is 0.373 e. The number of hydrogen-bond donors (Lipinski definition) is 1. The summed E-state index contributed by atoms with van der Waals surface area (Å²) in [7, 11) is 0. The van der Waals surface area contributed by atoms with Gasteiger partial charge in [0, 0.05) is 9.92 Å². The lowest BCUT2D eigenvalue weighted by molar-refractivity contribution is -0.119. The van der Waals surface area contributed by atoms with Gasteiger partial charge in [0.1, 0.15) is 0 Å². The van der Waals surface area contributed by atoms with Crippen molar-refractivity contribution >= 4 is 29.3 Å². The van der Waals surface area contributed by atoms with Crippen molar-refractivity contribution in [3.63, 3.8) is 0 Å². The molecule has 0 aromatic heterocycles. The van der Waals surface area contributed by atoms with Gasteiger partial charge in [-0.2, -0.15) is 0 Å². The zero-order chi connectivity index (χ0) is 15.4. The fourth-order valence-corrected chi connectivity index (χ4v) is 4.27. The average molecular weight is 340 g/mol. The molecule has 0 bridgehead atoms. The van der Waals surface area contributed by atoms with Crippen LogP contribution in [0.3, 0.4) is 0 Å². The molecule has 1 heterocycles. The first-order chi connectivity index (χ1) is 10.7. The van der Waals surface area contributed by atoms with Gasteiger partial charge in [0.25, 0.3) is 0 Å². The summed E-state index contributed by atoms with van der Waals surface area (Å²) in [4.78, 5) is 13.2. The summed E-state index contributed by atoms with van der Waals surface area (Å²) in [6.45, 7) is 0.664. The van der Waals surface area contributed by atoms with E-state index in [1.807, 2.05) is 24.3 Å². The van der Waals surface area contributed by atoms with Crippen LogP contribution in [-0.4, -0.2) is 29.9 Å². The molecule has 1 atom stereocenters. The van der Waals surface area contributed by atoms with Crippen molar-refractivity contribution in [3.8, 4) is 0 Å². The van der Waals surface area contributed by atoms with Crippen LogP contribution < -0.4 is 5.32 Å². The highest BCUT2D eigenvalue weighted by Crippen LogP contribution is 2.39. The Labute approximate surface area is 141 Å². The number of carbonyl (C=O) groups is 1. The van der Waals surface area contributed by atoms with Gasteiger partial charge in [-0.05, 0) is 43.5 Å². The van der Waals surface area contributed by atoms with Gasteiger partial charge in [0.2, 0.25) is 5.91 Å². The predicted molar refractivity (Wildman–Crippen MR) is 90.5 cm³/mol. The zero-order valence-electron chi connectivity index (χ0n) is 12.6. The highest BCUT2D eigenvalue weighted by molar-refractivity contribution is 8.00. The Balaban J connectivity index is 1.43. The lowest BCUT2D eigenvalue weighted by Crippen LogP contribution is -2.38. The van der Waals surface area contributed by atoms with Crippen LogP contribution in [0, 0.1) is 0 Å². The van der Waals surface area contributed by atoms with Gasteiger partial charge < -0.3 is 10.1 Å². The van der Waals surface area contributed by atoms with Crippen LogP contribution >= 0.6 is 23.4 Å². The van der Waals surface area contributed by atoms with E-state index >= 15 is 0 Å². The first-order valence-electron chi connectivity index (χ1n) is 7.97. The van der Waals surface area contributed by atoms with E-state index in [2.05, 4.69) is 5.32 Å². The molecule has 2 fully saturated rings. The number of rotatable bonds is 4. The lowest BCUT2D eigenvalue weighted by atomic mass is 9.82. The van der Waals surface area contributed by atoms with Crippen LogP contribution in [0.5, 0.6) is 0 Å². The third-order valence-corrected chi connectivity index (χ3v) is 5.79. The number of nitrogens with one attached hydrogen (secondary N) is 1. The van der Waals surface area contributed by atoms with Crippen LogP contribution in [-0.2, 0) is 9.53 Å². The molecule has 1 N–H and O–H groups in total. The fourth-order valence-electron chi connectivity index (χ4n) is 3.43. The average Bonchev–Trinajstić information content (AvgIpc) is 2.89. The van der Waals surface area contributed by atoms with Crippen molar-refractivity contribution in [2.75, 3.05) is 12.4 Å². The van der Waals surface area contributed by atoms with Crippen LogP contribution in [0.25, 0.3) is 0 Å². The van der Waals surface area contributed by atoms with Gasteiger partial charge in [0.05, 0.1) is 24.0 Å². The summed E-state index contributed by atoms with van der Waals surface area (Å²) < 4.78 is 6.03. The van der Waals surface area contributed by atoms with Crippen molar-refractivity contribution < 1.29 is 9.53 Å². The van der Waals surface area contributed by atoms with Crippen molar-refractivity contribution in [3.05, 3.63) is 29.3 Å². The van der Waals surface area contributed by atoms with Gasteiger partial charge in [-0.25, -0.2) is 0 Å². The van der Waals surface area contributed by atoms with Crippen LogP contribution in [0.4, 0.5) is 0 Å². The number of amides is 1. The number of thioether (sulfide) groups is 1. The Morgan fingerprint density at radius 1 is 1.27 bits per heavy atom. The number of ether oxygens (including phenoxy) is 1. The second kappa shape index (κ2) is 7.24. The topological polar surface area (TPSA) is 38.3 Å². The van der Waals surface area contributed by atoms with Crippen LogP contribution in [0.15, 0.2) is 29.2 Å². The molecule has 1 aliphatic heterocycles. The molecule has 1 aromatic rings. The van der Waals surface area contributed by atoms with Crippen molar-refractivity contribution in [2.24, 2.45) is 0 Å². The first-order valence-corrected chi connectivity index (χ1v) is 9.33. The Morgan fingerprint density at radius 3 is 2.73 bits per heavy atom. The summed E-state index contributed by atoms with van der Waals surface area (Å²) in [5, 5.41) is 3.84. The Hall–Kier alpha value is -0.710. The molecule has 1 aliphatic carbocycles. The predicted octanol–water partition coefficient (Wildman–Crippen LogP) is 4.04. The molecule has 22 heavy (non-hydrogen) atoms. The van der Waals surface area contributed by atoms with Gasteiger partial charge in [-0.15, -0.1) is 11.8 Å². The minimum Gasteiger partial charge on any atom is -0.373 e. The molecule has 1 spiro atoms. The molecular formula is C17H22ClNO2S. The molecule has 3 rings (SSSR count). The van der Waals surface area contributed by atoms with E-state index in [9.17, 15) is 4.79 Å². The fraction of sp³-hybridized carbons (Fsp3) is 0.588. The number of carbonyl (C=O) groups excluding carboxylic acids is 1. The minimum atomic E-state index is 0.0551. The summed E-state index contributed by atoms with van der Waals surface area (Å²) in [6, 6.07) is 7.75. The smallest absolute Gasteiger partial charge is 0.230 e. The molecule has 1 amide bonds. The van der Waals surface area contributed by atoms with E-state index in [-0.39, 0.29) is 17.6 Å². The van der Waals surface area contributed by atoms with E-state index in [1.165, 1.54) is 31.0 Å². The number of halogens is 1. The standard InChI is InChI=1S/C17H22ClNO2S/c18-13-4-6-15(7-5-13)22-12-16(20)19-14-10-17(21-11-14)8-2-1-3-9-17/h4-7,14H,1-3,8-12H2,(H,19,20)/t14-/m1/s1. The third kappa shape index (κ3) is 4.18. The Morgan fingerprint density at radius 2 is 2.00 bits per heavy atom. The third-order valence-electron chi connectivity index (χ3n) is 4.52. The van der Waals surface area contributed by atoms with Crippen LogP contribution in [0.2, 0.25) is 5.02 Å². The monoisotopic (exact) mass is 339 g/mol. The normalized spacial score (nSPS) is 23.6. The summed E-state index contributed by atoms with van der Waals surface area (Å²) >= 11 is 7.39. The van der Waals surface area contributed by atoms with Crippen molar-refractivity contribution in [1.29, 1.82) is 0 Å². The van der Waals surface area contributed by atoms with E-state index in [0.29, 0.717) is 12.4 Å². The quantitative estimate of drug-likeness (QED) is 0.841. The SMILES string of the molecule is O=C(CSc1ccc(Cl)cc1)N[C@H]1COC2(CCCCC2)C1. The van der Waals surface area contributed by atoms with Gasteiger partial charge in [0.15, 0.2) is 0 Å². The van der Waals surface area contributed by atoms with Crippen LogP contribution in [0.1, 0.15) is 38.5 Å². The summed E-state index contributed by atoms with van der Waals surface area (Å²) in [6.07, 6.45) is 7.11. The van der Waals surface area contributed by atoms with E-state index in [0.717, 1.165) is 29.2 Å². The molecule has 1 saturated carbocycles. The second-order valence-corrected chi connectivity index (χ2v) is 7.75. The minimum absolute atomic E-state index is 0.0551. The molecular weight excluding hydrogens is 318 g/mol. The summed E-state index contributed by atoms with van der Waals surface area (Å²) in [5.41, 5.74) is 0.0551. The lowest BCUT2D eigenvalue weighted by Gasteiger charge is -2.32. The Kier molecular flexibility index (Phi) is 5.32. The first kappa shape index (κ1) is 16.2. The zero-order valence-corrected chi connectivity index (χ0v) is 14.2. The molecule has 120 valence electrons. The maximum absolute atomic E-state index is 12.1. The molecule has 1 aromatic carbocycles. The van der Waals surface area contributed by atoms with Crippen molar-refractivity contribution in [2.45, 2.75) is 55.1 Å². The Bertz CT molecular complexity index is 514. The van der Waals surface area contributed by atoms with Gasteiger partial charge >= 0.3 is 0 Å². The molecule has 1 saturated heterocycles. The second-order valence-electron chi connectivity index (χ2n) is 6.27. The highest BCUT2D eigenvalue weighted by atomic mass is 35.5. The van der Waals surface area contributed by atoms with E-state index in [4.69, 9.17) is 16.3 Å². The molecule has 5 heteroatoms. The molecule has 3 nitrogen and oxygen atoms in total. The maximum atomic E-state index is 12.1. The highest BCUT2D eigenvalue weighted by Gasteiger charge is 2.41. The number of hydrogen-bond acceptors (Lipinski definition) is 3. The van der Waals surface area contributed by atoms with Gasteiger partial charge in [-0.1, -0.05) is 30.9 Å². The van der Waals surface area contributed by atoms with Crippen molar-refractivity contribution in [1.82, 2.24) is 5.32 Å². The number of benzene rings is 1. The van der Waals surface area contributed by atoms with Gasteiger partial charge in [-0.3, -0.25) is 4.79 Å². The molecule has 0 radical (unpaired) electrons.